The number of Topliss-reactive ketones (excluding diaryl/α,β-unsaturated/α-hetero) is 1. The minimum absolute atomic E-state index is 0.0294. The molecular formula is C17H21N3O2S. The standard InChI is InChI=1S/C17H21N3O2S/c1-2-3-5-10-16-19-20-17(23-16)18-15(22)12-11-14(21)13-8-6-4-7-9-13/h4,6-9H,2-3,5,10-12H2,1H3,(H,18,20,22). The maximum absolute atomic E-state index is 11.9. The number of unbranched alkanes of at least 4 members (excludes halogenated alkanes) is 2. The quantitative estimate of drug-likeness (QED) is 0.559. The highest BCUT2D eigenvalue weighted by atomic mass is 32.1. The second-order valence-corrected chi connectivity index (χ2v) is 6.36. The van der Waals surface area contributed by atoms with Crippen molar-refractivity contribution in [3.05, 3.63) is 40.9 Å². The molecule has 0 fully saturated rings. The van der Waals surface area contributed by atoms with Crippen LogP contribution < -0.4 is 5.32 Å². The van der Waals surface area contributed by atoms with Crippen molar-refractivity contribution < 1.29 is 9.59 Å². The number of carbonyl (C=O) groups excluding carboxylic acids is 2. The number of anilines is 1. The first-order valence-corrected chi connectivity index (χ1v) is 8.71. The molecule has 0 saturated carbocycles. The molecule has 1 amide bonds. The monoisotopic (exact) mass is 331 g/mol. The lowest BCUT2D eigenvalue weighted by Gasteiger charge is -2.01. The van der Waals surface area contributed by atoms with Crippen molar-refractivity contribution in [3.63, 3.8) is 0 Å². The highest BCUT2D eigenvalue weighted by Crippen LogP contribution is 2.18. The predicted molar refractivity (Wildman–Crippen MR) is 91.8 cm³/mol. The third-order valence-corrected chi connectivity index (χ3v) is 4.28. The number of carbonyl (C=O) groups is 2. The lowest BCUT2D eigenvalue weighted by molar-refractivity contribution is -0.116. The van der Waals surface area contributed by atoms with Crippen LogP contribution in [0.3, 0.4) is 0 Å². The van der Waals surface area contributed by atoms with Crippen molar-refractivity contribution in [3.8, 4) is 0 Å². The Morgan fingerprint density at radius 2 is 1.87 bits per heavy atom. The van der Waals surface area contributed by atoms with Crippen molar-refractivity contribution in [2.45, 2.75) is 45.4 Å². The molecular weight excluding hydrogens is 310 g/mol. The number of ketones is 1. The lowest BCUT2D eigenvalue weighted by atomic mass is 10.1. The first-order chi connectivity index (χ1) is 11.2. The number of nitrogens with one attached hydrogen (secondary N) is 1. The summed E-state index contributed by atoms with van der Waals surface area (Å²) in [6, 6.07) is 9.00. The van der Waals surface area contributed by atoms with Gasteiger partial charge in [0.15, 0.2) is 5.78 Å². The van der Waals surface area contributed by atoms with Gasteiger partial charge in [-0.1, -0.05) is 61.4 Å². The van der Waals surface area contributed by atoms with Gasteiger partial charge in [0.05, 0.1) is 0 Å². The Morgan fingerprint density at radius 3 is 2.61 bits per heavy atom. The van der Waals surface area contributed by atoms with Gasteiger partial charge in [-0.15, -0.1) is 10.2 Å². The van der Waals surface area contributed by atoms with E-state index in [9.17, 15) is 9.59 Å². The van der Waals surface area contributed by atoms with Crippen LogP contribution in [-0.4, -0.2) is 21.9 Å². The van der Waals surface area contributed by atoms with Crippen LogP contribution in [0.4, 0.5) is 5.13 Å². The van der Waals surface area contributed by atoms with Gasteiger partial charge in [-0.3, -0.25) is 9.59 Å². The molecule has 5 nitrogen and oxygen atoms in total. The first kappa shape index (κ1) is 17.3. The largest absolute Gasteiger partial charge is 0.301 e. The Kier molecular flexibility index (Phi) is 6.87. The van der Waals surface area contributed by atoms with Gasteiger partial charge in [-0.05, 0) is 6.42 Å². The second kappa shape index (κ2) is 9.15. The van der Waals surface area contributed by atoms with E-state index in [2.05, 4.69) is 22.4 Å². The van der Waals surface area contributed by atoms with E-state index < -0.39 is 0 Å². The molecule has 0 aliphatic rings. The van der Waals surface area contributed by atoms with Crippen molar-refractivity contribution in [1.82, 2.24) is 10.2 Å². The molecule has 2 aromatic rings. The summed E-state index contributed by atoms with van der Waals surface area (Å²) in [6.07, 6.45) is 4.66. The van der Waals surface area contributed by atoms with E-state index in [4.69, 9.17) is 0 Å². The molecule has 1 aromatic carbocycles. The predicted octanol–water partition coefficient (Wildman–Crippen LogP) is 3.87. The molecule has 0 atom stereocenters. The minimum atomic E-state index is -0.203. The number of nitrogens with zero attached hydrogens (tertiary/aromatic N) is 2. The summed E-state index contributed by atoms with van der Waals surface area (Å²) < 4.78 is 0. The molecule has 6 heteroatoms. The van der Waals surface area contributed by atoms with Crippen molar-refractivity contribution in [1.29, 1.82) is 0 Å². The molecule has 1 heterocycles. The summed E-state index contributed by atoms with van der Waals surface area (Å²) in [6.45, 7) is 2.16. The molecule has 0 spiro atoms. The third kappa shape index (κ3) is 5.90. The zero-order valence-corrected chi connectivity index (χ0v) is 14.1. The van der Waals surface area contributed by atoms with E-state index in [-0.39, 0.29) is 24.5 Å². The van der Waals surface area contributed by atoms with E-state index in [1.54, 1.807) is 12.1 Å². The van der Waals surface area contributed by atoms with E-state index in [0.29, 0.717) is 10.7 Å². The van der Waals surface area contributed by atoms with Crippen LogP contribution in [0.5, 0.6) is 0 Å². The highest BCUT2D eigenvalue weighted by Gasteiger charge is 2.11. The van der Waals surface area contributed by atoms with Crippen LogP contribution in [0.2, 0.25) is 0 Å². The maximum atomic E-state index is 11.9. The molecule has 1 aromatic heterocycles. The lowest BCUT2D eigenvalue weighted by Crippen LogP contribution is -2.13. The number of amides is 1. The van der Waals surface area contributed by atoms with Gasteiger partial charge in [0.2, 0.25) is 11.0 Å². The SMILES string of the molecule is CCCCCc1nnc(NC(=O)CCC(=O)c2ccccc2)s1. The number of rotatable bonds is 9. The van der Waals surface area contributed by atoms with Gasteiger partial charge >= 0.3 is 0 Å². The van der Waals surface area contributed by atoms with Gasteiger partial charge in [0.25, 0.3) is 0 Å². The Labute approximate surface area is 140 Å². The van der Waals surface area contributed by atoms with Crippen LogP contribution in [-0.2, 0) is 11.2 Å². The molecule has 0 bridgehead atoms. The molecule has 0 saturated heterocycles. The fourth-order valence-corrected chi connectivity index (χ4v) is 2.91. The molecule has 0 aliphatic carbocycles. The fraction of sp³-hybridized carbons (Fsp3) is 0.412. The van der Waals surface area contributed by atoms with E-state index >= 15 is 0 Å². The summed E-state index contributed by atoms with van der Waals surface area (Å²) in [5, 5.41) is 12.2. The van der Waals surface area contributed by atoms with Crippen molar-refractivity contribution in [2.24, 2.45) is 0 Å². The van der Waals surface area contributed by atoms with Crippen LogP contribution in [0.25, 0.3) is 0 Å². The average Bonchev–Trinajstić information content (AvgIpc) is 3.01. The molecule has 122 valence electrons. The second-order valence-electron chi connectivity index (χ2n) is 5.30. The summed E-state index contributed by atoms with van der Waals surface area (Å²) in [4.78, 5) is 23.8. The molecule has 23 heavy (non-hydrogen) atoms. The summed E-state index contributed by atoms with van der Waals surface area (Å²) in [7, 11) is 0. The smallest absolute Gasteiger partial charge is 0.226 e. The normalized spacial score (nSPS) is 10.5. The topological polar surface area (TPSA) is 72.0 Å². The number of benzene rings is 1. The number of aryl methyl sites for hydroxylation is 1. The van der Waals surface area contributed by atoms with Gasteiger partial charge in [-0.25, -0.2) is 0 Å². The van der Waals surface area contributed by atoms with E-state index in [1.807, 2.05) is 18.2 Å². The zero-order chi connectivity index (χ0) is 16.5. The Bertz CT molecular complexity index is 640. The van der Waals surface area contributed by atoms with Crippen LogP contribution in [0.15, 0.2) is 30.3 Å². The highest BCUT2D eigenvalue weighted by molar-refractivity contribution is 7.15. The maximum Gasteiger partial charge on any atom is 0.226 e. The summed E-state index contributed by atoms with van der Waals surface area (Å²) in [5.74, 6) is -0.233. The van der Waals surface area contributed by atoms with Crippen LogP contribution in [0.1, 0.15) is 54.4 Å². The Balaban J connectivity index is 1.75. The number of aromatic nitrogens is 2. The molecule has 2 rings (SSSR count). The minimum Gasteiger partial charge on any atom is -0.301 e. The van der Waals surface area contributed by atoms with Crippen molar-refractivity contribution in [2.75, 3.05) is 5.32 Å². The number of hydrogen-bond donors (Lipinski definition) is 1. The van der Waals surface area contributed by atoms with Gasteiger partial charge in [0.1, 0.15) is 5.01 Å². The number of hydrogen-bond acceptors (Lipinski definition) is 5. The third-order valence-electron chi connectivity index (χ3n) is 3.38. The van der Waals surface area contributed by atoms with Gasteiger partial charge in [0, 0.05) is 24.8 Å². The molecule has 1 N–H and O–H groups in total. The first-order valence-electron chi connectivity index (χ1n) is 7.89. The summed E-state index contributed by atoms with van der Waals surface area (Å²) in [5.41, 5.74) is 0.634. The Hall–Kier alpha value is -2.08. The molecule has 0 radical (unpaired) electrons. The van der Waals surface area contributed by atoms with Crippen LogP contribution >= 0.6 is 11.3 Å². The Morgan fingerprint density at radius 1 is 1.09 bits per heavy atom. The van der Waals surface area contributed by atoms with Crippen LogP contribution in [0, 0.1) is 0 Å². The van der Waals surface area contributed by atoms with Gasteiger partial charge < -0.3 is 5.32 Å². The van der Waals surface area contributed by atoms with Gasteiger partial charge in [-0.2, -0.15) is 0 Å². The van der Waals surface area contributed by atoms with E-state index in [0.717, 1.165) is 24.3 Å². The molecule has 0 unspecified atom stereocenters. The summed E-state index contributed by atoms with van der Waals surface area (Å²) >= 11 is 1.40. The zero-order valence-electron chi connectivity index (χ0n) is 13.2. The fourth-order valence-electron chi connectivity index (χ4n) is 2.11. The van der Waals surface area contributed by atoms with Crippen molar-refractivity contribution >= 4 is 28.2 Å². The average molecular weight is 331 g/mol. The molecule has 0 aliphatic heterocycles. The van der Waals surface area contributed by atoms with E-state index in [1.165, 1.54) is 17.8 Å².